The molecule has 0 bridgehead atoms. The molecular formula is C14H17ClF3N3O2. The van der Waals surface area contributed by atoms with Crippen LogP contribution < -0.4 is 16.0 Å². The molecule has 2 rings (SSSR count). The van der Waals surface area contributed by atoms with E-state index in [1.807, 2.05) is 0 Å². The highest BCUT2D eigenvalue weighted by molar-refractivity contribution is 5.94. The maximum atomic E-state index is 13.4. The normalized spacial score (nSPS) is 15.1. The van der Waals surface area contributed by atoms with Gasteiger partial charge < -0.3 is 16.0 Å². The van der Waals surface area contributed by atoms with Gasteiger partial charge in [-0.3, -0.25) is 9.59 Å². The minimum Gasteiger partial charge on any atom is -0.347 e. The molecule has 1 unspecified atom stereocenters. The van der Waals surface area contributed by atoms with Gasteiger partial charge in [0.05, 0.1) is 12.2 Å². The molecule has 0 aromatic heterocycles. The summed E-state index contributed by atoms with van der Waals surface area (Å²) in [6.45, 7) is 2.89. The Balaban J connectivity index is 0.00000264. The minimum absolute atomic E-state index is 0. The lowest BCUT2D eigenvalue weighted by atomic mass is 9.88. The molecule has 1 aliphatic rings. The van der Waals surface area contributed by atoms with Crippen LogP contribution >= 0.6 is 12.4 Å². The molecule has 0 aliphatic carbocycles. The quantitative estimate of drug-likeness (QED) is 0.703. The zero-order valence-corrected chi connectivity index (χ0v) is 13.1. The summed E-state index contributed by atoms with van der Waals surface area (Å²) in [7, 11) is 0. The van der Waals surface area contributed by atoms with Crippen molar-refractivity contribution in [3.8, 4) is 0 Å². The van der Waals surface area contributed by atoms with E-state index in [0.29, 0.717) is 6.07 Å². The third kappa shape index (κ3) is 4.59. The Morgan fingerprint density at radius 3 is 2.48 bits per heavy atom. The van der Waals surface area contributed by atoms with Gasteiger partial charge in [-0.1, -0.05) is 6.92 Å². The van der Waals surface area contributed by atoms with E-state index in [0.717, 1.165) is 19.2 Å². The number of halogens is 4. The summed E-state index contributed by atoms with van der Waals surface area (Å²) >= 11 is 0. The summed E-state index contributed by atoms with van der Waals surface area (Å²) < 4.78 is 39.2. The van der Waals surface area contributed by atoms with Crippen LogP contribution in [0.3, 0.4) is 0 Å². The first-order valence-electron chi connectivity index (χ1n) is 6.82. The van der Waals surface area contributed by atoms with Crippen molar-refractivity contribution in [3.63, 3.8) is 0 Å². The van der Waals surface area contributed by atoms with E-state index in [-0.39, 0.29) is 36.7 Å². The van der Waals surface area contributed by atoms with Crippen molar-refractivity contribution in [2.24, 2.45) is 11.8 Å². The average Bonchev–Trinajstić information content (AvgIpc) is 2.43. The molecule has 23 heavy (non-hydrogen) atoms. The molecule has 128 valence electrons. The topological polar surface area (TPSA) is 70.2 Å². The molecule has 0 radical (unpaired) electrons. The molecule has 1 aromatic rings. The van der Waals surface area contributed by atoms with Gasteiger partial charge in [0.15, 0.2) is 17.5 Å². The molecule has 5 nitrogen and oxygen atoms in total. The summed E-state index contributed by atoms with van der Waals surface area (Å²) in [5.41, 5.74) is -0.477. The predicted octanol–water partition coefficient (Wildman–Crippen LogP) is 1.44. The van der Waals surface area contributed by atoms with Gasteiger partial charge in [0.25, 0.3) is 0 Å². The van der Waals surface area contributed by atoms with Gasteiger partial charge in [-0.05, 0) is 31.1 Å². The molecule has 1 fully saturated rings. The Kier molecular flexibility index (Phi) is 6.83. The number of carbonyl (C=O) groups excluding carboxylic acids is 2. The van der Waals surface area contributed by atoms with E-state index in [1.165, 1.54) is 0 Å². The Morgan fingerprint density at radius 2 is 1.91 bits per heavy atom. The SMILES string of the molecule is CC(C(=O)NCC(=O)Nc1ccc(F)c(F)c1F)C1CNC1.Cl. The number of hydrogen-bond acceptors (Lipinski definition) is 3. The first kappa shape index (κ1) is 19.2. The predicted molar refractivity (Wildman–Crippen MR) is 80.7 cm³/mol. The number of hydrogen-bond donors (Lipinski definition) is 3. The fourth-order valence-electron chi connectivity index (χ4n) is 2.02. The van der Waals surface area contributed by atoms with E-state index in [9.17, 15) is 22.8 Å². The van der Waals surface area contributed by atoms with E-state index >= 15 is 0 Å². The van der Waals surface area contributed by atoms with Gasteiger partial charge >= 0.3 is 0 Å². The van der Waals surface area contributed by atoms with Crippen molar-refractivity contribution in [2.75, 3.05) is 25.0 Å². The van der Waals surface area contributed by atoms with Crippen LogP contribution in [0.25, 0.3) is 0 Å². The van der Waals surface area contributed by atoms with Crippen molar-refractivity contribution >= 4 is 29.9 Å². The first-order valence-corrected chi connectivity index (χ1v) is 6.82. The second-order valence-corrected chi connectivity index (χ2v) is 5.20. The Hall–Kier alpha value is -1.80. The fraction of sp³-hybridized carbons (Fsp3) is 0.429. The van der Waals surface area contributed by atoms with Crippen LogP contribution in [-0.2, 0) is 9.59 Å². The van der Waals surface area contributed by atoms with Crippen molar-refractivity contribution in [2.45, 2.75) is 6.92 Å². The zero-order valence-electron chi connectivity index (χ0n) is 12.3. The lowest BCUT2D eigenvalue weighted by molar-refractivity contribution is -0.128. The molecule has 1 saturated heterocycles. The third-order valence-electron chi connectivity index (χ3n) is 3.67. The van der Waals surface area contributed by atoms with Crippen LogP contribution in [0.4, 0.5) is 18.9 Å². The van der Waals surface area contributed by atoms with E-state index in [4.69, 9.17) is 0 Å². The lowest BCUT2D eigenvalue weighted by Crippen LogP contribution is -2.50. The Bertz CT molecular complexity index is 597. The highest BCUT2D eigenvalue weighted by atomic mass is 35.5. The number of anilines is 1. The summed E-state index contributed by atoms with van der Waals surface area (Å²) in [5, 5.41) is 7.55. The number of amides is 2. The van der Waals surface area contributed by atoms with E-state index in [2.05, 4.69) is 16.0 Å². The van der Waals surface area contributed by atoms with Gasteiger partial charge in [-0.25, -0.2) is 13.2 Å². The van der Waals surface area contributed by atoms with Crippen LogP contribution in [0, 0.1) is 29.3 Å². The van der Waals surface area contributed by atoms with Crippen LogP contribution in [0.15, 0.2) is 12.1 Å². The van der Waals surface area contributed by atoms with Crippen LogP contribution in [0.5, 0.6) is 0 Å². The molecule has 0 saturated carbocycles. The molecule has 2 amide bonds. The van der Waals surface area contributed by atoms with Crippen LogP contribution in [-0.4, -0.2) is 31.4 Å². The van der Waals surface area contributed by atoms with Crippen molar-refractivity contribution in [1.29, 1.82) is 0 Å². The van der Waals surface area contributed by atoms with Crippen molar-refractivity contribution in [3.05, 3.63) is 29.6 Å². The number of benzene rings is 1. The maximum Gasteiger partial charge on any atom is 0.243 e. The molecule has 9 heteroatoms. The smallest absolute Gasteiger partial charge is 0.243 e. The summed E-state index contributed by atoms with van der Waals surface area (Å²) in [6, 6.07) is 1.62. The molecule has 1 atom stereocenters. The molecule has 1 aromatic carbocycles. The molecule has 3 N–H and O–H groups in total. The summed E-state index contributed by atoms with van der Waals surface area (Å²) in [6.07, 6.45) is 0. The molecular weight excluding hydrogens is 335 g/mol. The van der Waals surface area contributed by atoms with Crippen LogP contribution in [0.1, 0.15) is 6.92 Å². The average molecular weight is 352 g/mol. The van der Waals surface area contributed by atoms with Gasteiger partial charge in [0.1, 0.15) is 0 Å². The summed E-state index contributed by atoms with van der Waals surface area (Å²) in [5.74, 6) is -5.50. The van der Waals surface area contributed by atoms with Crippen molar-refractivity contribution < 1.29 is 22.8 Å². The molecule has 1 aliphatic heterocycles. The molecule has 1 heterocycles. The monoisotopic (exact) mass is 351 g/mol. The van der Waals surface area contributed by atoms with E-state index < -0.39 is 29.0 Å². The first-order chi connectivity index (χ1) is 10.4. The lowest BCUT2D eigenvalue weighted by Gasteiger charge is -2.31. The highest BCUT2D eigenvalue weighted by Crippen LogP contribution is 2.19. The number of carbonyl (C=O) groups is 2. The second-order valence-electron chi connectivity index (χ2n) is 5.20. The molecule has 0 spiro atoms. The third-order valence-corrected chi connectivity index (χ3v) is 3.67. The summed E-state index contributed by atoms with van der Waals surface area (Å²) in [4.78, 5) is 23.4. The van der Waals surface area contributed by atoms with Crippen molar-refractivity contribution in [1.82, 2.24) is 10.6 Å². The number of nitrogens with one attached hydrogen (secondary N) is 3. The second kappa shape index (κ2) is 8.16. The maximum absolute atomic E-state index is 13.4. The van der Waals surface area contributed by atoms with Gasteiger partial charge in [0.2, 0.25) is 11.8 Å². The zero-order chi connectivity index (χ0) is 16.3. The largest absolute Gasteiger partial charge is 0.347 e. The fourth-order valence-corrected chi connectivity index (χ4v) is 2.02. The van der Waals surface area contributed by atoms with Gasteiger partial charge in [0, 0.05) is 5.92 Å². The highest BCUT2D eigenvalue weighted by Gasteiger charge is 2.28. The van der Waals surface area contributed by atoms with Crippen LogP contribution in [0.2, 0.25) is 0 Å². The number of rotatable bonds is 5. The van der Waals surface area contributed by atoms with Gasteiger partial charge in [-0.2, -0.15) is 0 Å². The van der Waals surface area contributed by atoms with E-state index in [1.54, 1.807) is 6.92 Å². The van der Waals surface area contributed by atoms with Gasteiger partial charge in [-0.15, -0.1) is 12.4 Å². The minimum atomic E-state index is -1.66. The Morgan fingerprint density at radius 1 is 1.26 bits per heavy atom. The standard InChI is InChI=1S/C14H16F3N3O2.ClH/c1-7(8-4-18-5-8)14(22)19-6-11(21)20-10-3-2-9(15)12(16)13(10)17;/h2-3,7-8,18H,4-6H2,1H3,(H,19,22)(H,20,21);1H. The Labute approximate surface area is 137 Å².